The molecule has 1 aromatic rings. The second kappa shape index (κ2) is 6.00. The maximum Gasteiger partial charge on any atom is 0.336 e. The van der Waals surface area contributed by atoms with E-state index in [1.807, 2.05) is 0 Å². The number of ether oxygens (including phenoxy) is 1. The fourth-order valence-electron chi connectivity index (χ4n) is 1.53. The summed E-state index contributed by atoms with van der Waals surface area (Å²) in [6, 6.07) is 8.40. The van der Waals surface area contributed by atoms with Crippen LogP contribution in [0.2, 0.25) is 0 Å². The van der Waals surface area contributed by atoms with Crippen LogP contribution in [0.4, 0.5) is 0 Å². The molecule has 0 bridgehead atoms. The predicted molar refractivity (Wildman–Crippen MR) is 61.0 cm³/mol. The van der Waals surface area contributed by atoms with Gasteiger partial charge in [-0.15, -0.1) is 0 Å². The first-order valence-electron chi connectivity index (χ1n) is 5.27. The van der Waals surface area contributed by atoms with Gasteiger partial charge in [0.2, 0.25) is 5.91 Å². The maximum absolute atomic E-state index is 11.4. The fraction of sp³-hybridized carbons (Fsp3) is 0.333. The van der Waals surface area contributed by atoms with Gasteiger partial charge in [0.05, 0.1) is 12.5 Å². The van der Waals surface area contributed by atoms with Crippen LogP contribution in [-0.2, 0) is 14.3 Å². The summed E-state index contributed by atoms with van der Waals surface area (Å²) in [6.45, 7) is 1.75. The normalized spacial score (nSPS) is 13.8. The molecular formula is C12H15NO4. The molecule has 0 aliphatic carbocycles. The summed E-state index contributed by atoms with van der Waals surface area (Å²) in [5.41, 5.74) is 5.68. The number of nitrogens with two attached hydrogens (primary N) is 1. The Morgan fingerprint density at radius 1 is 1.35 bits per heavy atom. The first kappa shape index (κ1) is 13.2. The van der Waals surface area contributed by atoms with E-state index in [-0.39, 0.29) is 6.61 Å². The van der Waals surface area contributed by atoms with Gasteiger partial charge in [0.25, 0.3) is 0 Å². The Morgan fingerprint density at radius 2 is 1.94 bits per heavy atom. The van der Waals surface area contributed by atoms with Gasteiger partial charge in [-0.3, -0.25) is 4.79 Å². The summed E-state index contributed by atoms with van der Waals surface area (Å²) in [4.78, 5) is 22.7. The van der Waals surface area contributed by atoms with Gasteiger partial charge in [0.15, 0.2) is 6.10 Å². The fourth-order valence-corrected chi connectivity index (χ4v) is 1.53. The Kier molecular flexibility index (Phi) is 4.66. The highest BCUT2D eigenvalue weighted by Gasteiger charge is 2.32. The van der Waals surface area contributed by atoms with E-state index < -0.39 is 23.9 Å². The SMILES string of the molecule is CCOC(=O)[C@@H](O)[C@@H](C(N)=O)c1ccccc1. The zero-order chi connectivity index (χ0) is 12.8. The molecule has 0 aliphatic heterocycles. The van der Waals surface area contributed by atoms with Crippen LogP contribution in [0, 0.1) is 0 Å². The van der Waals surface area contributed by atoms with Crippen molar-refractivity contribution in [1.29, 1.82) is 0 Å². The van der Waals surface area contributed by atoms with Crippen molar-refractivity contribution in [1.82, 2.24) is 0 Å². The topological polar surface area (TPSA) is 89.6 Å². The lowest BCUT2D eigenvalue weighted by atomic mass is 9.93. The molecule has 0 unspecified atom stereocenters. The minimum Gasteiger partial charge on any atom is -0.464 e. The molecule has 2 atom stereocenters. The summed E-state index contributed by atoms with van der Waals surface area (Å²) >= 11 is 0. The second-order valence-corrected chi connectivity index (χ2v) is 3.49. The van der Waals surface area contributed by atoms with Gasteiger partial charge >= 0.3 is 5.97 Å². The summed E-state index contributed by atoms with van der Waals surface area (Å²) in [6.07, 6.45) is -1.57. The molecule has 17 heavy (non-hydrogen) atoms. The highest BCUT2D eigenvalue weighted by molar-refractivity contribution is 5.89. The predicted octanol–water partition coefficient (Wildman–Crippen LogP) is 0.179. The van der Waals surface area contributed by atoms with Gasteiger partial charge in [-0.25, -0.2) is 4.79 Å². The lowest BCUT2D eigenvalue weighted by molar-refractivity contribution is -0.156. The van der Waals surface area contributed by atoms with Crippen LogP contribution < -0.4 is 5.73 Å². The quantitative estimate of drug-likeness (QED) is 0.715. The number of aliphatic hydroxyl groups excluding tert-OH is 1. The summed E-state index contributed by atoms with van der Waals surface area (Å²) in [5, 5.41) is 9.76. The van der Waals surface area contributed by atoms with Crippen molar-refractivity contribution in [3.63, 3.8) is 0 Å². The molecule has 3 N–H and O–H groups in total. The molecule has 0 heterocycles. The van der Waals surface area contributed by atoms with E-state index in [4.69, 9.17) is 5.73 Å². The molecule has 0 aliphatic rings. The average Bonchev–Trinajstić information content (AvgIpc) is 2.30. The van der Waals surface area contributed by atoms with Gasteiger partial charge in [-0.05, 0) is 12.5 Å². The Bertz CT molecular complexity index is 391. The average molecular weight is 237 g/mol. The van der Waals surface area contributed by atoms with Gasteiger partial charge in [-0.2, -0.15) is 0 Å². The third kappa shape index (κ3) is 3.29. The van der Waals surface area contributed by atoms with Crippen LogP contribution >= 0.6 is 0 Å². The number of primary amides is 1. The number of rotatable bonds is 5. The highest BCUT2D eigenvalue weighted by Crippen LogP contribution is 2.20. The first-order chi connectivity index (χ1) is 8.07. The van der Waals surface area contributed by atoms with Crippen molar-refractivity contribution in [3.05, 3.63) is 35.9 Å². The molecule has 0 radical (unpaired) electrons. The standard InChI is InChI=1S/C12H15NO4/c1-2-17-12(16)10(14)9(11(13)15)8-6-4-3-5-7-8/h3-7,9-10,14H,2H2,1H3,(H2,13,15)/t9-,10-/m0/s1. The molecule has 0 aromatic heterocycles. The van der Waals surface area contributed by atoms with Crippen LogP contribution in [0.5, 0.6) is 0 Å². The second-order valence-electron chi connectivity index (χ2n) is 3.49. The molecule has 1 amide bonds. The molecule has 92 valence electrons. The Balaban J connectivity index is 2.94. The van der Waals surface area contributed by atoms with Crippen molar-refractivity contribution in [2.45, 2.75) is 18.9 Å². The van der Waals surface area contributed by atoms with Crippen LogP contribution in [-0.4, -0.2) is 29.7 Å². The Morgan fingerprint density at radius 3 is 2.41 bits per heavy atom. The molecule has 0 saturated heterocycles. The molecule has 0 spiro atoms. The van der Waals surface area contributed by atoms with E-state index in [0.29, 0.717) is 5.56 Å². The third-order valence-electron chi connectivity index (χ3n) is 2.31. The molecule has 1 aromatic carbocycles. The number of benzene rings is 1. The number of amides is 1. The number of aliphatic hydroxyl groups is 1. The van der Waals surface area contributed by atoms with Crippen molar-refractivity contribution >= 4 is 11.9 Å². The Labute approximate surface area is 99.2 Å². The van der Waals surface area contributed by atoms with E-state index in [2.05, 4.69) is 4.74 Å². The molecule has 1 rings (SSSR count). The zero-order valence-corrected chi connectivity index (χ0v) is 9.50. The van der Waals surface area contributed by atoms with Crippen LogP contribution in [0.15, 0.2) is 30.3 Å². The number of carbonyl (C=O) groups is 2. The lowest BCUT2D eigenvalue weighted by Gasteiger charge is -2.18. The van der Waals surface area contributed by atoms with Gasteiger partial charge in [-0.1, -0.05) is 30.3 Å². The van der Waals surface area contributed by atoms with Crippen molar-refractivity contribution in [2.24, 2.45) is 5.73 Å². The molecule has 0 saturated carbocycles. The largest absolute Gasteiger partial charge is 0.464 e. The lowest BCUT2D eigenvalue weighted by Crippen LogP contribution is -2.37. The van der Waals surface area contributed by atoms with Crippen LogP contribution in [0.3, 0.4) is 0 Å². The van der Waals surface area contributed by atoms with Gasteiger partial charge in [0.1, 0.15) is 0 Å². The molecule has 0 fully saturated rings. The van der Waals surface area contributed by atoms with Crippen molar-refractivity contribution in [3.8, 4) is 0 Å². The van der Waals surface area contributed by atoms with Gasteiger partial charge < -0.3 is 15.6 Å². The van der Waals surface area contributed by atoms with Gasteiger partial charge in [0, 0.05) is 0 Å². The van der Waals surface area contributed by atoms with E-state index in [1.165, 1.54) is 0 Å². The maximum atomic E-state index is 11.4. The number of esters is 1. The van der Waals surface area contributed by atoms with Crippen molar-refractivity contribution in [2.75, 3.05) is 6.61 Å². The summed E-state index contributed by atoms with van der Waals surface area (Å²) in [5.74, 6) is -2.70. The third-order valence-corrected chi connectivity index (χ3v) is 2.31. The minimum atomic E-state index is -1.57. The summed E-state index contributed by atoms with van der Waals surface area (Å²) < 4.78 is 4.66. The van der Waals surface area contributed by atoms with E-state index in [0.717, 1.165) is 0 Å². The Hall–Kier alpha value is -1.88. The van der Waals surface area contributed by atoms with Crippen LogP contribution in [0.25, 0.3) is 0 Å². The summed E-state index contributed by atoms with van der Waals surface area (Å²) in [7, 11) is 0. The smallest absolute Gasteiger partial charge is 0.336 e. The number of carbonyl (C=O) groups excluding carboxylic acids is 2. The molecule has 5 heteroatoms. The zero-order valence-electron chi connectivity index (χ0n) is 9.50. The molecule has 5 nitrogen and oxygen atoms in total. The first-order valence-corrected chi connectivity index (χ1v) is 5.27. The number of hydrogen-bond donors (Lipinski definition) is 2. The van der Waals surface area contributed by atoms with Crippen LogP contribution in [0.1, 0.15) is 18.4 Å². The molecular weight excluding hydrogens is 222 g/mol. The highest BCUT2D eigenvalue weighted by atomic mass is 16.5. The van der Waals surface area contributed by atoms with E-state index in [9.17, 15) is 14.7 Å². The van der Waals surface area contributed by atoms with E-state index >= 15 is 0 Å². The van der Waals surface area contributed by atoms with E-state index in [1.54, 1.807) is 37.3 Å². The number of hydrogen-bond acceptors (Lipinski definition) is 4. The monoisotopic (exact) mass is 237 g/mol. The van der Waals surface area contributed by atoms with Crippen molar-refractivity contribution < 1.29 is 19.4 Å². The minimum absolute atomic E-state index is 0.135.